The number of carbonyl (C=O) groups excluding carboxylic acids is 1. The molecule has 110 valence electrons. The molecule has 0 fully saturated rings. The molecular weight excluding hydrogens is 362 g/mol. The van der Waals surface area contributed by atoms with Crippen LogP contribution in [0.3, 0.4) is 0 Å². The van der Waals surface area contributed by atoms with E-state index in [4.69, 9.17) is 0 Å². The number of amides is 1. The first-order valence-corrected chi connectivity index (χ1v) is 7.66. The van der Waals surface area contributed by atoms with Crippen molar-refractivity contribution in [2.75, 3.05) is 0 Å². The minimum absolute atomic E-state index is 0.0271. The van der Waals surface area contributed by atoms with Gasteiger partial charge in [0.05, 0.1) is 5.56 Å². The Bertz CT molecular complexity index is 640. The fourth-order valence-corrected chi connectivity index (χ4v) is 2.69. The van der Waals surface area contributed by atoms with Crippen LogP contribution in [0.15, 0.2) is 52.1 Å². The van der Waals surface area contributed by atoms with E-state index in [1.807, 2.05) is 24.3 Å². The molecule has 1 N–H and O–H groups in total. The lowest BCUT2D eigenvalue weighted by atomic mass is 10.2. The predicted octanol–water partition coefficient (Wildman–Crippen LogP) is 4.09. The molecule has 0 spiro atoms. The molecule has 0 aliphatic rings. The summed E-state index contributed by atoms with van der Waals surface area (Å²) < 4.78 is 25.8. The molecule has 2 rings (SSSR count). The molecule has 0 bridgehead atoms. The maximum atomic E-state index is 12.4. The minimum Gasteiger partial charge on any atom is -0.348 e. The first-order chi connectivity index (χ1) is 10.1. The number of aromatic nitrogens is 1. The van der Waals surface area contributed by atoms with E-state index in [1.54, 1.807) is 6.07 Å². The van der Waals surface area contributed by atoms with Gasteiger partial charge in [-0.3, -0.25) is 4.79 Å². The number of thioether (sulfide) groups is 1. The van der Waals surface area contributed by atoms with E-state index in [9.17, 15) is 13.6 Å². The summed E-state index contributed by atoms with van der Waals surface area (Å²) in [4.78, 5) is 15.9. The van der Waals surface area contributed by atoms with Crippen molar-refractivity contribution in [2.24, 2.45) is 0 Å². The number of nitrogens with one attached hydrogen (secondary N) is 1. The highest BCUT2D eigenvalue weighted by Crippen LogP contribution is 2.26. The van der Waals surface area contributed by atoms with Gasteiger partial charge in [0.15, 0.2) is 0 Å². The molecule has 0 radical (unpaired) electrons. The van der Waals surface area contributed by atoms with Crippen LogP contribution in [0.4, 0.5) is 8.78 Å². The van der Waals surface area contributed by atoms with Crippen molar-refractivity contribution in [1.29, 1.82) is 0 Å². The Balaban J connectivity index is 2.07. The fourth-order valence-electron chi connectivity index (χ4n) is 1.67. The monoisotopic (exact) mass is 372 g/mol. The molecular formula is C14H11BrF2N2OS. The van der Waals surface area contributed by atoms with Crippen LogP contribution in [0, 0.1) is 0 Å². The molecule has 2 aromatic rings. The quantitative estimate of drug-likeness (QED) is 0.803. The second-order valence-electron chi connectivity index (χ2n) is 4.05. The largest absolute Gasteiger partial charge is 0.348 e. The first-order valence-electron chi connectivity index (χ1n) is 5.98. The van der Waals surface area contributed by atoms with Gasteiger partial charge in [0.1, 0.15) is 5.03 Å². The Morgan fingerprint density at radius 3 is 2.86 bits per heavy atom. The van der Waals surface area contributed by atoms with Crippen LogP contribution < -0.4 is 5.32 Å². The smallest absolute Gasteiger partial charge is 0.290 e. The summed E-state index contributed by atoms with van der Waals surface area (Å²) in [5.41, 5.74) is 1.06. The highest BCUT2D eigenvalue weighted by Gasteiger charge is 2.16. The SMILES string of the molecule is O=C(NCc1cccc(Br)c1)c1cccnc1SC(F)F. The molecule has 0 aliphatic carbocycles. The summed E-state index contributed by atoms with van der Waals surface area (Å²) in [7, 11) is 0. The average Bonchev–Trinajstić information content (AvgIpc) is 2.45. The second kappa shape index (κ2) is 7.51. The molecule has 0 saturated carbocycles. The van der Waals surface area contributed by atoms with Gasteiger partial charge in [0.2, 0.25) is 0 Å². The first kappa shape index (κ1) is 15.9. The van der Waals surface area contributed by atoms with E-state index < -0.39 is 11.7 Å². The molecule has 1 aromatic carbocycles. The Kier molecular flexibility index (Phi) is 5.69. The molecule has 1 heterocycles. The van der Waals surface area contributed by atoms with E-state index in [-0.39, 0.29) is 22.4 Å². The third kappa shape index (κ3) is 4.78. The molecule has 0 aliphatic heterocycles. The van der Waals surface area contributed by atoms with Crippen molar-refractivity contribution in [1.82, 2.24) is 10.3 Å². The Morgan fingerprint density at radius 1 is 1.33 bits per heavy atom. The van der Waals surface area contributed by atoms with E-state index in [1.165, 1.54) is 12.3 Å². The number of hydrogen-bond donors (Lipinski definition) is 1. The lowest BCUT2D eigenvalue weighted by Crippen LogP contribution is -2.23. The zero-order valence-electron chi connectivity index (χ0n) is 10.7. The highest BCUT2D eigenvalue weighted by atomic mass is 79.9. The lowest BCUT2D eigenvalue weighted by Gasteiger charge is -2.09. The highest BCUT2D eigenvalue weighted by molar-refractivity contribution is 9.10. The van der Waals surface area contributed by atoms with Gasteiger partial charge < -0.3 is 5.32 Å². The normalized spacial score (nSPS) is 10.7. The van der Waals surface area contributed by atoms with Crippen molar-refractivity contribution in [3.63, 3.8) is 0 Å². The van der Waals surface area contributed by atoms with Gasteiger partial charge in [-0.05, 0) is 41.6 Å². The molecule has 1 amide bonds. The van der Waals surface area contributed by atoms with Crippen molar-refractivity contribution in [2.45, 2.75) is 17.3 Å². The lowest BCUT2D eigenvalue weighted by molar-refractivity contribution is 0.0947. The van der Waals surface area contributed by atoms with Crippen LogP contribution >= 0.6 is 27.7 Å². The number of alkyl halides is 2. The Labute approximate surface area is 133 Å². The second-order valence-corrected chi connectivity index (χ2v) is 5.94. The van der Waals surface area contributed by atoms with E-state index >= 15 is 0 Å². The Hall–Kier alpha value is -1.47. The third-order valence-corrected chi connectivity index (χ3v) is 3.78. The van der Waals surface area contributed by atoms with Crippen LogP contribution in [0.25, 0.3) is 0 Å². The van der Waals surface area contributed by atoms with Gasteiger partial charge in [-0.15, -0.1) is 0 Å². The summed E-state index contributed by atoms with van der Waals surface area (Å²) in [5, 5.41) is 2.73. The summed E-state index contributed by atoms with van der Waals surface area (Å²) in [6.07, 6.45) is 1.38. The van der Waals surface area contributed by atoms with Crippen LogP contribution in [-0.4, -0.2) is 16.6 Å². The number of carbonyl (C=O) groups is 1. The summed E-state index contributed by atoms with van der Waals surface area (Å²) in [6.45, 7) is 0.311. The van der Waals surface area contributed by atoms with E-state index in [2.05, 4.69) is 26.2 Å². The maximum absolute atomic E-state index is 12.4. The van der Waals surface area contributed by atoms with Crippen molar-refractivity contribution in [3.8, 4) is 0 Å². The number of halogens is 3. The van der Waals surface area contributed by atoms with Crippen molar-refractivity contribution >= 4 is 33.6 Å². The van der Waals surface area contributed by atoms with E-state index in [0.29, 0.717) is 6.54 Å². The predicted molar refractivity (Wildman–Crippen MR) is 81.4 cm³/mol. The van der Waals surface area contributed by atoms with Crippen LogP contribution in [-0.2, 0) is 6.54 Å². The molecule has 1 aromatic heterocycles. The summed E-state index contributed by atoms with van der Waals surface area (Å²) in [6, 6.07) is 10.5. The average molecular weight is 373 g/mol. The zero-order chi connectivity index (χ0) is 15.2. The number of nitrogens with zero attached hydrogens (tertiary/aromatic N) is 1. The molecule has 3 nitrogen and oxygen atoms in total. The van der Waals surface area contributed by atoms with Gasteiger partial charge in [-0.2, -0.15) is 8.78 Å². The number of pyridine rings is 1. The van der Waals surface area contributed by atoms with Gasteiger partial charge in [0.25, 0.3) is 11.7 Å². The van der Waals surface area contributed by atoms with Crippen molar-refractivity contribution < 1.29 is 13.6 Å². The van der Waals surface area contributed by atoms with Crippen LogP contribution in [0.2, 0.25) is 0 Å². The minimum atomic E-state index is -2.61. The Morgan fingerprint density at radius 2 is 2.14 bits per heavy atom. The van der Waals surface area contributed by atoms with Gasteiger partial charge in [0, 0.05) is 17.2 Å². The molecule has 0 atom stereocenters. The van der Waals surface area contributed by atoms with E-state index in [0.717, 1.165) is 10.0 Å². The van der Waals surface area contributed by atoms with Crippen LogP contribution in [0.1, 0.15) is 15.9 Å². The standard InChI is InChI=1S/C14H11BrF2N2OS/c15-10-4-1-3-9(7-10)8-19-12(20)11-5-2-6-18-13(11)21-14(16)17/h1-7,14H,8H2,(H,19,20). The summed E-state index contributed by atoms with van der Waals surface area (Å²) in [5.74, 6) is -3.04. The van der Waals surface area contributed by atoms with Crippen molar-refractivity contribution in [3.05, 3.63) is 58.2 Å². The molecule has 21 heavy (non-hydrogen) atoms. The van der Waals surface area contributed by atoms with Gasteiger partial charge >= 0.3 is 0 Å². The topological polar surface area (TPSA) is 42.0 Å². The third-order valence-electron chi connectivity index (χ3n) is 2.56. The van der Waals surface area contributed by atoms with Crippen LogP contribution in [0.5, 0.6) is 0 Å². The zero-order valence-corrected chi connectivity index (χ0v) is 13.1. The number of rotatable bonds is 5. The molecule has 7 heteroatoms. The number of benzene rings is 1. The van der Waals surface area contributed by atoms with Gasteiger partial charge in [-0.25, -0.2) is 4.98 Å². The molecule has 0 saturated heterocycles. The van der Waals surface area contributed by atoms with Gasteiger partial charge in [-0.1, -0.05) is 28.1 Å². The molecule has 0 unspecified atom stereocenters. The fraction of sp³-hybridized carbons (Fsp3) is 0.143. The number of hydrogen-bond acceptors (Lipinski definition) is 3. The maximum Gasteiger partial charge on any atom is 0.290 e. The summed E-state index contributed by atoms with van der Waals surface area (Å²) >= 11 is 3.61.